The molecule has 6 nitrogen and oxygen atoms in total. The quantitative estimate of drug-likeness (QED) is 0.655. The molecule has 0 atom stereocenters. The topological polar surface area (TPSA) is 85.6 Å². The molecule has 2 rings (SSSR count). The van der Waals surface area contributed by atoms with Gasteiger partial charge in [0.15, 0.2) is 11.5 Å². The number of amides is 2. The van der Waals surface area contributed by atoms with Gasteiger partial charge < -0.3 is 25.8 Å². The van der Waals surface area contributed by atoms with E-state index in [0.29, 0.717) is 47.5 Å². The zero-order chi connectivity index (χ0) is 18.2. The van der Waals surface area contributed by atoms with Gasteiger partial charge in [-0.05, 0) is 49.2 Å². The number of rotatable bonds is 7. The fourth-order valence-electron chi connectivity index (χ4n) is 2.24. The number of urea groups is 1. The molecule has 7 heteroatoms. The van der Waals surface area contributed by atoms with E-state index in [4.69, 9.17) is 26.8 Å². The molecule has 0 unspecified atom stereocenters. The van der Waals surface area contributed by atoms with Crippen molar-refractivity contribution in [1.29, 1.82) is 0 Å². The van der Waals surface area contributed by atoms with Crippen LogP contribution < -0.4 is 25.8 Å². The van der Waals surface area contributed by atoms with E-state index in [0.717, 1.165) is 5.56 Å². The van der Waals surface area contributed by atoms with Crippen LogP contribution in [0.4, 0.5) is 16.2 Å². The smallest absolute Gasteiger partial charge is 0.319 e. The molecule has 0 saturated heterocycles. The van der Waals surface area contributed by atoms with Crippen molar-refractivity contribution in [3.63, 3.8) is 0 Å². The van der Waals surface area contributed by atoms with Gasteiger partial charge in [0.05, 0.1) is 24.4 Å². The first-order valence-corrected chi connectivity index (χ1v) is 8.31. The molecular formula is C18H22ClN3O3. The van der Waals surface area contributed by atoms with Gasteiger partial charge in [-0.3, -0.25) is 0 Å². The summed E-state index contributed by atoms with van der Waals surface area (Å²) in [6, 6.07) is 10.4. The standard InChI is InChI=1S/C18H22ClN3O3/c1-3-25-16-7-4-12(10-17(16)24-2)8-9-21-18(23)22-13-5-6-15(20)14(19)11-13/h4-7,10-11H,3,8-9,20H2,1-2H3,(H2,21,22,23). The number of nitrogens with two attached hydrogens (primary N) is 1. The van der Waals surface area contributed by atoms with E-state index in [2.05, 4.69) is 10.6 Å². The number of hydrogen-bond donors (Lipinski definition) is 3. The number of halogens is 1. The zero-order valence-corrected chi connectivity index (χ0v) is 15.0. The van der Waals surface area contributed by atoms with Crippen LogP contribution in [-0.2, 0) is 6.42 Å². The lowest BCUT2D eigenvalue weighted by Gasteiger charge is -2.12. The average Bonchev–Trinajstić information content (AvgIpc) is 2.59. The highest BCUT2D eigenvalue weighted by Crippen LogP contribution is 2.28. The Morgan fingerprint density at radius 3 is 2.68 bits per heavy atom. The number of nitrogen functional groups attached to an aromatic ring is 1. The molecule has 0 radical (unpaired) electrons. The van der Waals surface area contributed by atoms with Gasteiger partial charge >= 0.3 is 6.03 Å². The summed E-state index contributed by atoms with van der Waals surface area (Å²) in [5.74, 6) is 1.39. The van der Waals surface area contributed by atoms with Gasteiger partial charge in [-0.2, -0.15) is 0 Å². The van der Waals surface area contributed by atoms with E-state index in [1.54, 1.807) is 25.3 Å². The molecular weight excluding hydrogens is 342 g/mol. The van der Waals surface area contributed by atoms with Gasteiger partial charge in [-0.1, -0.05) is 17.7 Å². The molecule has 134 valence electrons. The Kier molecular flexibility index (Phi) is 6.77. The van der Waals surface area contributed by atoms with Gasteiger partial charge in [0.2, 0.25) is 0 Å². The van der Waals surface area contributed by atoms with E-state index in [1.807, 2.05) is 25.1 Å². The van der Waals surface area contributed by atoms with Crippen molar-refractivity contribution in [2.75, 3.05) is 31.3 Å². The lowest BCUT2D eigenvalue weighted by Crippen LogP contribution is -2.30. The molecule has 0 heterocycles. The first kappa shape index (κ1) is 18.7. The third-order valence-corrected chi connectivity index (χ3v) is 3.81. The summed E-state index contributed by atoms with van der Waals surface area (Å²) in [5.41, 5.74) is 7.73. The summed E-state index contributed by atoms with van der Waals surface area (Å²) in [7, 11) is 1.60. The Morgan fingerprint density at radius 1 is 1.20 bits per heavy atom. The molecule has 0 spiro atoms. The first-order chi connectivity index (χ1) is 12.0. The molecule has 2 aromatic carbocycles. The van der Waals surface area contributed by atoms with Gasteiger partial charge in [-0.15, -0.1) is 0 Å². The largest absolute Gasteiger partial charge is 0.493 e. The third-order valence-electron chi connectivity index (χ3n) is 3.49. The highest BCUT2D eigenvalue weighted by atomic mass is 35.5. The zero-order valence-electron chi connectivity index (χ0n) is 14.3. The van der Waals surface area contributed by atoms with Crippen LogP contribution in [0.25, 0.3) is 0 Å². The highest BCUT2D eigenvalue weighted by Gasteiger charge is 2.07. The van der Waals surface area contributed by atoms with Crippen LogP contribution >= 0.6 is 11.6 Å². The summed E-state index contributed by atoms with van der Waals surface area (Å²) < 4.78 is 10.8. The number of carbonyl (C=O) groups excluding carboxylic acids is 1. The van der Waals surface area contributed by atoms with Crippen molar-refractivity contribution in [2.24, 2.45) is 0 Å². The number of ether oxygens (including phenoxy) is 2. The predicted molar refractivity (Wildman–Crippen MR) is 101 cm³/mol. The van der Waals surface area contributed by atoms with E-state index in [-0.39, 0.29) is 6.03 Å². The van der Waals surface area contributed by atoms with Crippen molar-refractivity contribution in [2.45, 2.75) is 13.3 Å². The Bertz CT molecular complexity index is 738. The molecule has 0 fully saturated rings. The predicted octanol–water partition coefficient (Wildman–Crippen LogP) is 3.69. The van der Waals surface area contributed by atoms with Crippen LogP contribution in [0.1, 0.15) is 12.5 Å². The summed E-state index contributed by atoms with van der Waals surface area (Å²) >= 11 is 5.93. The Morgan fingerprint density at radius 2 is 2.00 bits per heavy atom. The van der Waals surface area contributed by atoms with Crippen molar-refractivity contribution >= 4 is 29.0 Å². The molecule has 0 aliphatic heterocycles. The summed E-state index contributed by atoms with van der Waals surface area (Å²) in [6.45, 7) is 2.97. The van der Waals surface area contributed by atoms with Crippen LogP contribution in [0.2, 0.25) is 5.02 Å². The molecule has 0 aliphatic carbocycles. The SMILES string of the molecule is CCOc1ccc(CCNC(=O)Nc2ccc(N)c(Cl)c2)cc1OC. The van der Waals surface area contributed by atoms with E-state index < -0.39 is 0 Å². The fourth-order valence-corrected chi connectivity index (χ4v) is 2.42. The monoisotopic (exact) mass is 363 g/mol. The number of hydrogen-bond acceptors (Lipinski definition) is 4. The minimum Gasteiger partial charge on any atom is -0.493 e. The van der Waals surface area contributed by atoms with Crippen molar-refractivity contribution in [3.8, 4) is 11.5 Å². The lowest BCUT2D eigenvalue weighted by atomic mass is 10.1. The third kappa shape index (κ3) is 5.46. The maximum absolute atomic E-state index is 11.9. The van der Waals surface area contributed by atoms with E-state index in [9.17, 15) is 4.79 Å². The molecule has 0 aliphatic rings. The number of benzene rings is 2. The van der Waals surface area contributed by atoms with Crippen LogP contribution in [0.3, 0.4) is 0 Å². The van der Waals surface area contributed by atoms with Crippen LogP contribution in [-0.4, -0.2) is 26.3 Å². The van der Waals surface area contributed by atoms with E-state index in [1.165, 1.54) is 0 Å². The second-order valence-electron chi connectivity index (χ2n) is 5.29. The summed E-state index contributed by atoms with van der Waals surface area (Å²) in [4.78, 5) is 11.9. The molecule has 2 amide bonds. The maximum atomic E-state index is 11.9. The van der Waals surface area contributed by atoms with Gasteiger partial charge in [0, 0.05) is 12.2 Å². The molecule has 2 aromatic rings. The first-order valence-electron chi connectivity index (χ1n) is 7.93. The molecule has 4 N–H and O–H groups in total. The van der Waals surface area contributed by atoms with Crippen molar-refractivity contribution < 1.29 is 14.3 Å². The second kappa shape index (κ2) is 9.03. The minimum absolute atomic E-state index is 0.307. The minimum atomic E-state index is -0.307. The lowest BCUT2D eigenvalue weighted by molar-refractivity contribution is 0.252. The maximum Gasteiger partial charge on any atom is 0.319 e. The number of nitrogens with one attached hydrogen (secondary N) is 2. The summed E-state index contributed by atoms with van der Waals surface area (Å²) in [6.07, 6.45) is 0.665. The van der Waals surface area contributed by atoms with Crippen molar-refractivity contribution in [1.82, 2.24) is 5.32 Å². The van der Waals surface area contributed by atoms with Gasteiger partial charge in [0.25, 0.3) is 0 Å². The number of carbonyl (C=O) groups is 1. The second-order valence-corrected chi connectivity index (χ2v) is 5.69. The number of anilines is 2. The van der Waals surface area contributed by atoms with Gasteiger partial charge in [-0.25, -0.2) is 4.79 Å². The van der Waals surface area contributed by atoms with Crippen LogP contribution in [0, 0.1) is 0 Å². The Hall–Kier alpha value is -2.60. The Labute approximate surface area is 152 Å². The van der Waals surface area contributed by atoms with Crippen LogP contribution in [0.5, 0.6) is 11.5 Å². The molecule has 25 heavy (non-hydrogen) atoms. The summed E-state index contributed by atoms with van der Waals surface area (Å²) in [5, 5.41) is 5.91. The van der Waals surface area contributed by atoms with E-state index >= 15 is 0 Å². The molecule has 0 saturated carbocycles. The Balaban J connectivity index is 1.85. The number of methoxy groups -OCH3 is 1. The average molecular weight is 364 g/mol. The normalized spacial score (nSPS) is 10.2. The van der Waals surface area contributed by atoms with Crippen LogP contribution in [0.15, 0.2) is 36.4 Å². The van der Waals surface area contributed by atoms with Crippen molar-refractivity contribution in [3.05, 3.63) is 47.0 Å². The highest BCUT2D eigenvalue weighted by molar-refractivity contribution is 6.33. The van der Waals surface area contributed by atoms with Gasteiger partial charge in [0.1, 0.15) is 0 Å². The molecule has 0 bridgehead atoms. The fraction of sp³-hybridized carbons (Fsp3) is 0.278. The molecule has 0 aromatic heterocycles.